The molecule has 34 heavy (non-hydrogen) atoms. The molecule has 0 bridgehead atoms. The Balaban J connectivity index is 1.47. The first-order chi connectivity index (χ1) is 16.5. The molecule has 1 aliphatic rings. The lowest BCUT2D eigenvalue weighted by Gasteiger charge is -2.23. The van der Waals surface area contributed by atoms with Gasteiger partial charge in [0, 0.05) is 6.54 Å². The highest BCUT2D eigenvalue weighted by Crippen LogP contribution is 2.32. The summed E-state index contributed by atoms with van der Waals surface area (Å²) in [5.41, 5.74) is 2.13. The predicted octanol–water partition coefficient (Wildman–Crippen LogP) is 3.86. The number of hydrogen-bond acceptors (Lipinski definition) is 7. The minimum absolute atomic E-state index is 0.0573. The van der Waals surface area contributed by atoms with Crippen LogP contribution in [0.2, 0.25) is 0 Å². The van der Waals surface area contributed by atoms with E-state index in [9.17, 15) is 4.79 Å². The van der Waals surface area contributed by atoms with E-state index in [-0.39, 0.29) is 24.0 Å². The van der Waals surface area contributed by atoms with Gasteiger partial charge >= 0.3 is 0 Å². The van der Waals surface area contributed by atoms with E-state index in [4.69, 9.17) is 9.47 Å². The van der Waals surface area contributed by atoms with Crippen molar-refractivity contribution in [3.63, 3.8) is 0 Å². The summed E-state index contributed by atoms with van der Waals surface area (Å²) in [5.74, 6) is 2.29. The number of fused-ring (bicyclic) bond motifs is 1. The zero-order chi connectivity index (χ0) is 24.1. The Labute approximate surface area is 204 Å². The smallest absolute Gasteiger partial charge is 0.233 e. The fourth-order valence-corrected chi connectivity index (χ4v) is 4.80. The summed E-state index contributed by atoms with van der Waals surface area (Å²) in [7, 11) is 4.10. The van der Waals surface area contributed by atoms with E-state index in [0.29, 0.717) is 18.8 Å². The summed E-state index contributed by atoms with van der Waals surface area (Å²) in [5, 5.41) is 12.4. The van der Waals surface area contributed by atoms with Crippen LogP contribution >= 0.6 is 11.8 Å². The van der Waals surface area contributed by atoms with Crippen molar-refractivity contribution in [2.24, 2.45) is 0 Å². The van der Waals surface area contributed by atoms with Crippen LogP contribution in [0.5, 0.6) is 11.5 Å². The standard InChI is InChI=1S/C25H31N5O3S/c1-5-20(29(3)4)23-27-28-25(30(23)15-18-9-7-6-8-10-18)34-17(2)24(31)26-14-19-11-12-21-22(13-19)33-16-32-21/h6-13,17,20H,5,14-16H2,1-4H3,(H,26,31)/t17-,20-/m0/s1. The van der Waals surface area contributed by atoms with Gasteiger partial charge in [-0.2, -0.15) is 0 Å². The Hall–Kier alpha value is -3.04. The molecular weight excluding hydrogens is 450 g/mol. The Morgan fingerprint density at radius 1 is 1.12 bits per heavy atom. The van der Waals surface area contributed by atoms with E-state index >= 15 is 0 Å². The second-order valence-corrected chi connectivity index (χ2v) is 9.77. The lowest BCUT2D eigenvalue weighted by atomic mass is 10.2. The van der Waals surface area contributed by atoms with Crippen molar-refractivity contribution in [1.82, 2.24) is 25.0 Å². The van der Waals surface area contributed by atoms with Crippen molar-refractivity contribution >= 4 is 17.7 Å². The molecule has 0 saturated heterocycles. The first-order valence-corrected chi connectivity index (χ1v) is 12.3. The molecule has 0 aliphatic carbocycles. The number of benzene rings is 2. The van der Waals surface area contributed by atoms with E-state index in [0.717, 1.165) is 28.7 Å². The molecule has 3 aromatic rings. The molecule has 2 atom stereocenters. The van der Waals surface area contributed by atoms with Crippen molar-refractivity contribution in [3.05, 3.63) is 65.5 Å². The summed E-state index contributed by atoms with van der Waals surface area (Å²) in [4.78, 5) is 15.0. The molecule has 0 fully saturated rings. The molecule has 0 spiro atoms. The van der Waals surface area contributed by atoms with Gasteiger partial charge in [-0.1, -0.05) is 55.1 Å². The molecule has 180 valence electrons. The molecule has 1 aromatic heterocycles. The molecule has 1 amide bonds. The van der Waals surface area contributed by atoms with Crippen molar-refractivity contribution in [3.8, 4) is 11.5 Å². The molecule has 9 heteroatoms. The van der Waals surface area contributed by atoms with Gasteiger partial charge in [0.05, 0.1) is 17.8 Å². The van der Waals surface area contributed by atoms with Gasteiger partial charge in [0.1, 0.15) is 0 Å². The molecule has 8 nitrogen and oxygen atoms in total. The van der Waals surface area contributed by atoms with Crippen LogP contribution in [-0.2, 0) is 17.9 Å². The molecule has 0 unspecified atom stereocenters. The molecule has 0 radical (unpaired) electrons. The number of carbonyl (C=O) groups is 1. The van der Waals surface area contributed by atoms with Crippen LogP contribution in [0.3, 0.4) is 0 Å². The summed E-state index contributed by atoms with van der Waals surface area (Å²) in [6, 6.07) is 16.1. The SMILES string of the molecule is CC[C@@H](c1nnc(S[C@@H](C)C(=O)NCc2ccc3c(c2)OCO3)n1Cc1ccccc1)N(C)C. The van der Waals surface area contributed by atoms with Crippen LogP contribution in [0.4, 0.5) is 0 Å². The molecular formula is C25H31N5O3S. The molecule has 2 heterocycles. The third kappa shape index (κ3) is 5.53. The van der Waals surface area contributed by atoms with E-state index in [2.05, 4.69) is 58.1 Å². The Bertz CT molecular complexity index is 1120. The number of ether oxygens (including phenoxy) is 2. The maximum atomic E-state index is 12.9. The van der Waals surface area contributed by atoms with Gasteiger partial charge in [-0.15, -0.1) is 10.2 Å². The van der Waals surface area contributed by atoms with E-state index in [1.54, 1.807) is 0 Å². The molecule has 4 rings (SSSR count). The molecule has 1 aliphatic heterocycles. The highest BCUT2D eigenvalue weighted by atomic mass is 32.2. The normalized spacial score (nSPS) is 14.3. The highest BCUT2D eigenvalue weighted by molar-refractivity contribution is 8.00. The second-order valence-electron chi connectivity index (χ2n) is 8.47. The minimum atomic E-state index is -0.333. The number of hydrogen-bond donors (Lipinski definition) is 1. The van der Waals surface area contributed by atoms with Crippen LogP contribution in [0.1, 0.15) is 43.3 Å². The van der Waals surface area contributed by atoms with Gasteiger partial charge in [-0.25, -0.2) is 0 Å². The minimum Gasteiger partial charge on any atom is -0.454 e. The maximum Gasteiger partial charge on any atom is 0.233 e. The lowest BCUT2D eigenvalue weighted by molar-refractivity contribution is -0.120. The maximum absolute atomic E-state index is 12.9. The van der Waals surface area contributed by atoms with Crippen molar-refractivity contribution in [1.29, 1.82) is 0 Å². The summed E-state index contributed by atoms with van der Waals surface area (Å²) < 4.78 is 12.9. The van der Waals surface area contributed by atoms with Crippen molar-refractivity contribution in [2.45, 2.75) is 49.8 Å². The third-order valence-corrected chi connectivity index (χ3v) is 6.87. The number of nitrogens with one attached hydrogen (secondary N) is 1. The molecule has 2 aromatic carbocycles. The number of nitrogens with zero attached hydrogens (tertiary/aromatic N) is 4. The molecule has 1 N–H and O–H groups in total. The number of aromatic nitrogens is 3. The van der Waals surface area contributed by atoms with Gasteiger partial charge in [0.2, 0.25) is 12.7 Å². The zero-order valence-electron chi connectivity index (χ0n) is 20.0. The van der Waals surface area contributed by atoms with Gasteiger partial charge in [0.15, 0.2) is 22.5 Å². The fourth-order valence-electron chi connectivity index (χ4n) is 3.92. The first-order valence-electron chi connectivity index (χ1n) is 11.4. The van der Waals surface area contributed by atoms with Crippen LogP contribution in [-0.4, -0.2) is 51.7 Å². The van der Waals surface area contributed by atoms with Crippen molar-refractivity contribution < 1.29 is 14.3 Å². The lowest BCUT2D eigenvalue weighted by Crippen LogP contribution is -2.30. The number of carbonyl (C=O) groups excluding carboxylic acids is 1. The van der Waals surface area contributed by atoms with Gasteiger partial charge in [-0.05, 0) is 50.7 Å². The quantitative estimate of drug-likeness (QED) is 0.440. The van der Waals surface area contributed by atoms with E-state index < -0.39 is 0 Å². The summed E-state index contributed by atoms with van der Waals surface area (Å²) in [6.45, 7) is 5.34. The van der Waals surface area contributed by atoms with E-state index in [1.807, 2.05) is 43.3 Å². The largest absolute Gasteiger partial charge is 0.454 e. The fraction of sp³-hybridized carbons (Fsp3) is 0.400. The van der Waals surface area contributed by atoms with Crippen LogP contribution in [0.25, 0.3) is 0 Å². The van der Waals surface area contributed by atoms with Crippen LogP contribution in [0, 0.1) is 0 Å². The zero-order valence-corrected chi connectivity index (χ0v) is 20.8. The average Bonchev–Trinajstić information content (AvgIpc) is 3.45. The monoisotopic (exact) mass is 481 g/mol. The van der Waals surface area contributed by atoms with Crippen molar-refractivity contribution in [2.75, 3.05) is 20.9 Å². The highest BCUT2D eigenvalue weighted by Gasteiger charge is 2.25. The molecule has 0 saturated carbocycles. The summed E-state index contributed by atoms with van der Waals surface area (Å²) >= 11 is 1.43. The second kappa shape index (κ2) is 10.9. The van der Waals surface area contributed by atoms with Gasteiger partial charge < -0.3 is 19.4 Å². The first kappa shape index (κ1) is 24.1. The Morgan fingerprint density at radius 2 is 1.88 bits per heavy atom. The van der Waals surface area contributed by atoms with Crippen LogP contribution in [0.15, 0.2) is 53.7 Å². The number of thioether (sulfide) groups is 1. The number of amides is 1. The van der Waals surface area contributed by atoms with Gasteiger partial charge in [0.25, 0.3) is 0 Å². The average molecular weight is 482 g/mol. The topological polar surface area (TPSA) is 81.5 Å². The predicted molar refractivity (Wildman–Crippen MR) is 132 cm³/mol. The van der Waals surface area contributed by atoms with Crippen LogP contribution < -0.4 is 14.8 Å². The van der Waals surface area contributed by atoms with E-state index in [1.165, 1.54) is 17.3 Å². The Kier molecular flexibility index (Phi) is 7.74. The number of rotatable bonds is 10. The van der Waals surface area contributed by atoms with Gasteiger partial charge in [-0.3, -0.25) is 9.69 Å². The Morgan fingerprint density at radius 3 is 2.62 bits per heavy atom. The third-order valence-electron chi connectivity index (χ3n) is 5.79. The summed E-state index contributed by atoms with van der Waals surface area (Å²) in [6.07, 6.45) is 0.913.